The smallest absolute Gasteiger partial charge is 0.422 e. The van der Waals surface area contributed by atoms with Crippen molar-refractivity contribution in [1.82, 2.24) is 19.7 Å². The summed E-state index contributed by atoms with van der Waals surface area (Å²) in [6, 6.07) is 6.94. The third-order valence-electron chi connectivity index (χ3n) is 3.12. The number of anilines is 1. The average molecular weight is 353 g/mol. The normalized spacial score (nSPS) is 11.5. The molecule has 0 aliphatic rings. The summed E-state index contributed by atoms with van der Waals surface area (Å²) in [6.45, 7) is -1.45. The van der Waals surface area contributed by atoms with Crippen LogP contribution in [0.2, 0.25) is 0 Å². The number of benzene rings is 1. The molecule has 2 N–H and O–H groups in total. The van der Waals surface area contributed by atoms with Crippen LogP contribution in [0.25, 0.3) is 17.1 Å². The second-order valence-electron chi connectivity index (χ2n) is 5.01. The molecule has 0 atom stereocenters. The molecule has 2 heterocycles. The average Bonchev–Trinajstić information content (AvgIpc) is 3.05. The van der Waals surface area contributed by atoms with Crippen LogP contribution in [-0.4, -0.2) is 32.5 Å². The van der Waals surface area contributed by atoms with E-state index in [4.69, 9.17) is 5.73 Å². The maximum atomic E-state index is 13.5. The van der Waals surface area contributed by atoms with Gasteiger partial charge in [0.1, 0.15) is 12.1 Å². The summed E-state index contributed by atoms with van der Waals surface area (Å²) in [5.41, 5.74) is 6.22. The maximum absolute atomic E-state index is 13.5. The lowest BCUT2D eigenvalue weighted by Gasteiger charge is -2.09. The van der Waals surface area contributed by atoms with Crippen molar-refractivity contribution in [2.45, 2.75) is 6.18 Å². The van der Waals surface area contributed by atoms with E-state index in [-0.39, 0.29) is 17.4 Å². The Morgan fingerprint density at radius 2 is 1.92 bits per heavy atom. The van der Waals surface area contributed by atoms with Gasteiger partial charge in [-0.25, -0.2) is 19.0 Å². The van der Waals surface area contributed by atoms with Gasteiger partial charge in [0.15, 0.2) is 12.4 Å². The van der Waals surface area contributed by atoms with Crippen LogP contribution in [0.1, 0.15) is 0 Å². The topological polar surface area (TPSA) is 78.8 Å². The monoisotopic (exact) mass is 353 g/mol. The summed E-state index contributed by atoms with van der Waals surface area (Å²) in [6.07, 6.45) is -1.84. The van der Waals surface area contributed by atoms with Crippen molar-refractivity contribution in [3.63, 3.8) is 0 Å². The highest BCUT2D eigenvalue weighted by atomic mass is 19.4. The number of pyridine rings is 1. The van der Waals surface area contributed by atoms with Gasteiger partial charge in [-0.05, 0) is 24.3 Å². The number of rotatable bonds is 4. The number of nitrogens with zero attached hydrogens (tertiary/aromatic N) is 4. The number of halogens is 4. The Hall–Kier alpha value is -3.17. The molecule has 0 spiro atoms. The second kappa shape index (κ2) is 6.38. The number of nitrogen functional groups attached to an aromatic ring is 1. The Labute approximate surface area is 138 Å². The number of hydrogen-bond acceptors (Lipinski definition) is 5. The number of alkyl halides is 3. The molecule has 0 aliphatic heterocycles. The fraction of sp³-hybridized carbons (Fsp3) is 0.133. The predicted octanol–water partition coefficient (Wildman–Crippen LogP) is 2.99. The molecular formula is C15H11F4N5O. The van der Waals surface area contributed by atoms with Crippen molar-refractivity contribution >= 4 is 5.69 Å². The van der Waals surface area contributed by atoms with Gasteiger partial charge >= 0.3 is 6.18 Å². The Bertz CT molecular complexity index is 894. The molecule has 0 saturated carbocycles. The molecule has 0 fully saturated rings. The fourth-order valence-corrected chi connectivity index (χ4v) is 1.96. The molecule has 0 bridgehead atoms. The molecule has 6 nitrogen and oxygen atoms in total. The van der Waals surface area contributed by atoms with Crippen molar-refractivity contribution in [2.75, 3.05) is 12.3 Å². The summed E-state index contributed by atoms with van der Waals surface area (Å²) in [4.78, 5) is 7.76. The van der Waals surface area contributed by atoms with Crippen molar-refractivity contribution in [2.24, 2.45) is 0 Å². The van der Waals surface area contributed by atoms with Gasteiger partial charge in [0.25, 0.3) is 0 Å². The van der Waals surface area contributed by atoms with E-state index in [2.05, 4.69) is 19.8 Å². The number of aromatic nitrogens is 4. The lowest BCUT2D eigenvalue weighted by molar-refractivity contribution is -0.154. The minimum absolute atomic E-state index is 0.00349. The highest BCUT2D eigenvalue weighted by Gasteiger charge is 2.28. The lowest BCUT2D eigenvalue weighted by Crippen LogP contribution is -2.19. The van der Waals surface area contributed by atoms with Crippen LogP contribution in [-0.2, 0) is 0 Å². The highest BCUT2D eigenvalue weighted by molar-refractivity contribution is 5.59. The van der Waals surface area contributed by atoms with Crippen LogP contribution in [0.15, 0.2) is 42.9 Å². The Morgan fingerprint density at radius 3 is 2.64 bits per heavy atom. The van der Waals surface area contributed by atoms with Crippen molar-refractivity contribution < 1.29 is 22.3 Å². The molecule has 0 unspecified atom stereocenters. The predicted molar refractivity (Wildman–Crippen MR) is 80.5 cm³/mol. The molecule has 130 valence electrons. The van der Waals surface area contributed by atoms with Gasteiger partial charge < -0.3 is 10.5 Å². The van der Waals surface area contributed by atoms with Gasteiger partial charge in [0.05, 0.1) is 11.4 Å². The third-order valence-corrected chi connectivity index (χ3v) is 3.12. The van der Waals surface area contributed by atoms with Crippen LogP contribution in [0.3, 0.4) is 0 Å². The van der Waals surface area contributed by atoms with Gasteiger partial charge in [-0.1, -0.05) is 0 Å². The molecule has 1 aromatic carbocycles. The maximum Gasteiger partial charge on any atom is 0.422 e. The molecule has 25 heavy (non-hydrogen) atoms. The Balaban J connectivity index is 1.83. The standard InChI is InChI=1S/C15H11F4N5O/c16-11-5-9(1-2-12(11)20)14-22-8-24(23-14)10-3-4-21-13(6-10)25-7-15(17,18)19/h1-6,8H,7,20H2. The second-order valence-corrected chi connectivity index (χ2v) is 5.01. The quantitative estimate of drug-likeness (QED) is 0.576. The fourth-order valence-electron chi connectivity index (χ4n) is 1.96. The lowest BCUT2D eigenvalue weighted by atomic mass is 10.2. The van der Waals surface area contributed by atoms with E-state index in [1.54, 1.807) is 6.07 Å². The molecule has 0 aliphatic carbocycles. The zero-order valence-electron chi connectivity index (χ0n) is 12.5. The van der Waals surface area contributed by atoms with Gasteiger partial charge in [0.2, 0.25) is 5.88 Å². The molecule has 0 amide bonds. The van der Waals surface area contributed by atoms with Crippen LogP contribution in [0.4, 0.5) is 23.2 Å². The number of ether oxygens (including phenoxy) is 1. The first kappa shape index (κ1) is 16.7. The van der Waals surface area contributed by atoms with E-state index in [0.717, 1.165) is 0 Å². The van der Waals surface area contributed by atoms with Crippen LogP contribution in [0, 0.1) is 5.82 Å². The van der Waals surface area contributed by atoms with Gasteiger partial charge in [-0.15, -0.1) is 5.10 Å². The molecule has 0 radical (unpaired) electrons. The molecule has 3 aromatic rings. The number of hydrogen-bond donors (Lipinski definition) is 1. The van der Waals surface area contributed by atoms with Crippen molar-refractivity contribution in [1.29, 1.82) is 0 Å². The largest absolute Gasteiger partial charge is 0.468 e. The summed E-state index contributed by atoms with van der Waals surface area (Å²) >= 11 is 0. The van der Waals surface area contributed by atoms with Crippen LogP contribution in [0.5, 0.6) is 5.88 Å². The summed E-state index contributed by atoms with van der Waals surface area (Å²) in [7, 11) is 0. The van der Waals surface area contributed by atoms with Gasteiger partial charge in [-0.3, -0.25) is 0 Å². The SMILES string of the molecule is Nc1ccc(-c2ncn(-c3ccnc(OCC(F)(F)F)c3)n2)cc1F. The van der Waals surface area contributed by atoms with E-state index in [1.165, 1.54) is 41.5 Å². The zero-order chi connectivity index (χ0) is 18.0. The van der Waals surface area contributed by atoms with Crippen molar-refractivity contribution in [3.05, 3.63) is 48.7 Å². The van der Waals surface area contributed by atoms with Gasteiger partial charge in [0, 0.05) is 17.8 Å². The Morgan fingerprint density at radius 1 is 1.12 bits per heavy atom. The first-order valence-electron chi connectivity index (χ1n) is 6.95. The molecule has 0 saturated heterocycles. The number of nitrogens with two attached hydrogens (primary N) is 1. The molecular weight excluding hydrogens is 342 g/mol. The van der Waals surface area contributed by atoms with E-state index in [0.29, 0.717) is 11.3 Å². The van der Waals surface area contributed by atoms with Gasteiger partial charge in [-0.2, -0.15) is 13.2 Å². The highest BCUT2D eigenvalue weighted by Crippen LogP contribution is 2.22. The minimum atomic E-state index is -4.46. The summed E-state index contributed by atoms with van der Waals surface area (Å²) in [5.74, 6) is -0.570. The first-order chi connectivity index (χ1) is 11.8. The summed E-state index contributed by atoms with van der Waals surface area (Å²) < 4.78 is 56.0. The Kier molecular flexibility index (Phi) is 4.26. The molecule has 10 heteroatoms. The van der Waals surface area contributed by atoms with Crippen LogP contribution < -0.4 is 10.5 Å². The molecule has 2 aromatic heterocycles. The van der Waals surface area contributed by atoms with E-state index in [1.807, 2.05) is 0 Å². The van der Waals surface area contributed by atoms with Crippen LogP contribution >= 0.6 is 0 Å². The zero-order valence-corrected chi connectivity index (χ0v) is 12.5. The van der Waals surface area contributed by atoms with Crippen molar-refractivity contribution in [3.8, 4) is 23.0 Å². The van der Waals surface area contributed by atoms with E-state index in [9.17, 15) is 17.6 Å². The van der Waals surface area contributed by atoms with E-state index >= 15 is 0 Å². The third kappa shape index (κ3) is 4.03. The molecule has 3 rings (SSSR count). The first-order valence-corrected chi connectivity index (χ1v) is 6.95. The minimum Gasteiger partial charge on any atom is -0.468 e. The van der Waals surface area contributed by atoms with E-state index < -0.39 is 18.6 Å². The summed E-state index contributed by atoms with van der Waals surface area (Å²) in [5, 5.41) is 4.16.